The van der Waals surface area contributed by atoms with Gasteiger partial charge in [-0.15, -0.1) is 0 Å². The molecule has 0 saturated carbocycles. The lowest BCUT2D eigenvalue weighted by molar-refractivity contribution is -0.131. The van der Waals surface area contributed by atoms with E-state index < -0.39 is 0 Å². The summed E-state index contributed by atoms with van der Waals surface area (Å²) >= 11 is 0. The fourth-order valence-electron chi connectivity index (χ4n) is 4.05. The fraction of sp³-hybridized carbons (Fsp3) is 0.348. The van der Waals surface area contributed by atoms with Gasteiger partial charge in [-0.25, -0.2) is 4.39 Å². The second kappa shape index (κ2) is 8.15. The Morgan fingerprint density at radius 3 is 2.76 bits per heavy atom. The predicted octanol–water partition coefficient (Wildman–Crippen LogP) is 4.44. The quantitative estimate of drug-likeness (QED) is 0.657. The molecule has 1 aliphatic heterocycles. The fourth-order valence-corrected chi connectivity index (χ4v) is 4.05. The Morgan fingerprint density at radius 2 is 2.07 bits per heavy atom. The summed E-state index contributed by atoms with van der Waals surface area (Å²) < 4.78 is 19.1. The average molecular weight is 393 g/mol. The van der Waals surface area contributed by atoms with Crippen molar-refractivity contribution >= 4 is 5.91 Å². The molecule has 1 atom stereocenters. The second-order valence-electron chi connectivity index (χ2n) is 7.62. The zero-order valence-electron chi connectivity index (χ0n) is 16.7. The third-order valence-corrected chi connectivity index (χ3v) is 5.60. The van der Waals surface area contributed by atoms with Crippen LogP contribution in [0.4, 0.5) is 4.39 Å². The monoisotopic (exact) mass is 393 g/mol. The third-order valence-electron chi connectivity index (χ3n) is 5.60. The average Bonchev–Trinajstić information content (AvgIpc) is 3.08. The standard InChI is InChI=1S/C23H24FN3O2/c1-15-23(16(2)29-26-15)18-9-10-21(25-13-18)19-7-5-11-27(14-19)22(28)12-17-6-3-4-8-20(17)24/h3-4,6,8-10,13,19H,5,7,11-12,14H2,1-2H3/t19-/m1/s1. The summed E-state index contributed by atoms with van der Waals surface area (Å²) in [4.78, 5) is 19.2. The zero-order valence-corrected chi connectivity index (χ0v) is 16.7. The van der Waals surface area contributed by atoms with Crippen LogP contribution in [-0.2, 0) is 11.2 Å². The predicted molar refractivity (Wildman–Crippen MR) is 108 cm³/mol. The highest BCUT2D eigenvalue weighted by Gasteiger charge is 2.26. The number of amides is 1. The summed E-state index contributed by atoms with van der Waals surface area (Å²) in [6.45, 7) is 5.13. The number of carbonyl (C=O) groups excluding carboxylic acids is 1. The molecule has 6 heteroatoms. The lowest BCUT2D eigenvalue weighted by atomic mass is 9.93. The lowest BCUT2D eigenvalue weighted by Crippen LogP contribution is -2.40. The number of benzene rings is 1. The van der Waals surface area contributed by atoms with Crippen LogP contribution in [0.3, 0.4) is 0 Å². The number of halogens is 1. The number of rotatable bonds is 4. The Balaban J connectivity index is 1.46. The minimum absolute atomic E-state index is 0.0351. The van der Waals surface area contributed by atoms with E-state index in [1.807, 2.05) is 37.1 Å². The molecule has 3 aromatic rings. The molecule has 0 N–H and O–H groups in total. The van der Waals surface area contributed by atoms with Gasteiger partial charge in [0.25, 0.3) is 0 Å². The smallest absolute Gasteiger partial charge is 0.227 e. The van der Waals surface area contributed by atoms with Crippen LogP contribution in [0.2, 0.25) is 0 Å². The van der Waals surface area contributed by atoms with Crippen molar-refractivity contribution in [3.63, 3.8) is 0 Å². The SMILES string of the molecule is Cc1noc(C)c1-c1ccc([C@@H]2CCCN(C(=O)Cc3ccccc3F)C2)nc1. The van der Waals surface area contributed by atoms with Crippen LogP contribution in [0.1, 0.15) is 41.5 Å². The first-order valence-electron chi connectivity index (χ1n) is 9.93. The van der Waals surface area contributed by atoms with Crippen molar-refractivity contribution in [2.45, 2.75) is 39.0 Å². The highest BCUT2D eigenvalue weighted by atomic mass is 19.1. The van der Waals surface area contributed by atoms with Crippen LogP contribution < -0.4 is 0 Å². The van der Waals surface area contributed by atoms with E-state index in [9.17, 15) is 9.18 Å². The largest absolute Gasteiger partial charge is 0.361 e. The number of likely N-dealkylation sites (tertiary alicyclic amines) is 1. The first-order valence-corrected chi connectivity index (χ1v) is 9.93. The van der Waals surface area contributed by atoms with E-state index in [2.05, 4.69) is 10.1 Å². The van der Waals surface area contributed by atoms with Crippen LogP contribution in [0.5, 0.6) is 0 Å². The number of aryl methyl sites for hydroxylation is 2. The van der Waals surface area contributed by atoms with Gasteiger partial charge in [-0.1, -0.05) is 29.4 Å². The molecule has 150 valence electrons. The third kappa shape index (κ3) is 4.06. The van der Waals surface area contributed by atoms with Gasteiger partial charge in [0.1, 0.15) is 11.6 Å². The van der Waals surface area contributed by atoms with Crippen molar-refractivity contribution in [1.82, 2.24) is 15.0 Å². The molecule has 0 unspecified atom stereocenters. The normalized spacial score (nSPS) is 16.8. The molecule has 5 nitrogen and oxygen atoms in total. The van der Waals surface area contributed by atoms with Gasteiger partial charge in [0, 0.05) is 42.0 Å². The van der Waals surface area contributed by atoms with E-state index in [-0.39, 0.29) is 24.1 Å². The van der Waals surface area contributed by atoms with Gasteiger partial charge in [-0.2, -0.15) is 0 Å². The molecule has 1 aromatic carbocycles. The maximum atomic E-state index is 13.9. The van der Waals surface area contributed by atoms with Crippen LogP contribution in [0, 0.1) is 19.7 Å². The molecule has 0 aliphatic carbocycles. The number of nitrogens with zero attached hydrogens (tertiary/aromatic N) is 3. The summed E-state index contributed by atoms with van der Waals surface area (Å²) in [6.07, 6.45) is 3.85. The maximum absolute atomic E-state index is 13.9. The Kier molecular flexibility index (Phi) is 5.43. The molecule has 1 saturated heterocycles. The summed E-state index contributed by atoms with van der Waals surface area (Å²) in [7, 11) is 0. The number of piperidine rings is 1. The van der Waals surface area contributed by atoms with Gasteiger partial charge >= 0.3 is 0 Å². The highest BCUT2D eigenvalue weighted by Crippen LogP contribution is 2.30. The van der Waals surface area contributed by atoms with Crippen molar-refractivity contribution in [1.29, 1.82) is 0 Å². The Labute approximate surface area is 169 Å². The van der Waals surface area contributed by atoms with E-state index in [1.54, 1.807) is 18.2 Å². The Bertz CT molecular complexity index is 994. The van der Waals surface area contributed by atoms with E-state index in [1.165, 1.54) is 6.07 Å². The van der Waals surface area contributed by atoms with Gasteiger partial charge in [-0.05, 0) is 44.4 Å². The number of hydrogen-bond acceptors (Lipinski definition) is 4. The zero-order chi connectivity index (χ0) is 20.4. The molecular formula is C23H24FN3O2. The Hall–Kier alpha value is -3.02. The van der Waals surface area contributed by atoms with Crippen LogP contribution in [-0.4, -0.2) is 34.0 Å². The molecule has 1 fully saturated rings. The number of aromatic nitrogens is 2. The van der Waals surface area contributed by atoms with Crippen molar-refractivity contribution in [2.75, 3.05) is 13.1 Å². The molecule has 4 rings (SSSR count). The topological polar surface area (TPSA) is 59.2 Å². The van der Waals surface area contributed by atoms with Crippen molar-refractivity contribution < 1.29 is 13.7 Å². The van der Waals surface area contributed by atoms with Gasteiger partial charge in [0.05, 0.1) is 12.1 Å². The molecule has 1 amide bonds. The van der Waals surface area contributed by atoms with Crippen LogP contribution >= 0.6 is 0 Å². The van der Waals surface area contributed by atoms with Gasteiger partial charge in [-0.3, -0.25) is 9.78 Å². The van der Waals surface area contributed by atoms with Crippen molar-refractivity contribution in [3.8, 4) is 11.1 Å². The molecule has 0 radical (unpaired) electrons. The van der Waals surface area contributed by atoms with Crippen molar-refractivity contribution in [3.05, 3.63) is 71.1 Å². The van der Waals surface area contributed by atoms with Crippen molar-refractivity contribution in [2.24, 2.45) is 0 Å². The van der Waals surface area contributed by atoms with E-state index in [0.717, 1.165) is 41.1 Å². The molecule has 29 heavy (non-hydrogen) atoms. The number of pyridine rings is 1. The molecule has 0 spiro atoms. The molecule has 0 bridgehead atoms. The van der Waals surface area contributed by atoms with E-state index in [0.29, 0.717) is 18.7 Å². The minimum atomic E-state index is -0.328. The van der Waals surface area contributed by atoms with Gasteiger partial charge < -0.3 is 9.42 Å². The van der Waals surface area contributed by atoms with Gasteiger partial charge in [0.15, 0.2) is 0 Å². The second-order valence-corrected chi connectivity index (χ2v) is 7.62. The molecule has 1 aliphatic rings. The Morgan fingerprint density at radius 1 is 1.24 bits per heavy atom. The maximum Gasteiger partial charge on any atom is 0.227 e. The summed E-state index contributed by atoms with van der Waals surface area (Å²) in [5.41, 5.74) is 4.23. The minimum Gasteiger partial charge on any atom is -0.361 e. The number of carbonyl (C=O) groups is 1. The van der Waals surface area contributed by atoms with E-state index in [4.69, 9.17) is 4.52 Å². The van der Waals surface area contributed by atoms with Gasteiger partial charge in [0.2, 0.25) is 5.91 Å². The lowest BCUT2D eigenvalue weighted by Gasteiger charge is -2.32. The van der Waals surface area contributed by atoms with Crippen LogP contribution in [0.25, 0.3) is 11.1 Å². The highest BCUT2D eigenvalue weighted by molar-refractivity contribution is 5.79. The number of hydrogen-bond donors (Lipinski definition) is 0. The van der Waals surface area contributed by atoms with Crippen LogP contribution in [0.15, 0.2) is 47.1 Å². The first kappa shape index (κ1) is 19.3. The molecule has 2 aromatic heterocycles. The first-order chi connectivity index (χ1) is 14.0. The molecular weight excluding hydrogens is 369 g/mol. The van der Waals surface area contributed by atoms with E-state index >= 15 is 0 Å². The summed E-state index contributed by atoms with van der Waals surface area (Å²) in [5, 5.41) is 4.00. The summed E-state index contributed by atoms with van der Waals surface area (Å²) in [6, 6.07) is 10.5. The molecule has 3 heterocycles. The summed E-state index contributed by atoms with van der Waals surface area (Å²) in [5.74, 6) is 0.602.